The highest BCUT2D eigenvalue weighted by Gasteiger charge is 2.37. The van der Waals surface area contributed by atoms with Gasteiger partial charge in [0.05, 0.1) is 24.5 Å². The maximum absolute atomic E-state index is 12.4. The van der Waals surface area contributed by atoms with Gasteiger partial charge in [0.25, 0.3) is 0 Å². The average Bonchev–Trinajstić information content (AvgIpc) is 2.43. The second kappa shape index (κ2) is 7.24. The van der Waals surface area contributed by atoms with E-state index in [0.717, 1.165) is 19.3 Å². The van der Waals surface area contributed by atoms with E-state index < -0.39 is 15.8 Å². The van der Waals surface area contributed by atoms with Gasteiger partial charge in [-0.1, -0.05) is 19.8 Å². The molecule has 1 fully saturated rings. The molecule has 1 aliphatic rings. The van der Waals surface area contributed by atoms with Crippen molar-refractivity contribution in [2.75, 3.05) is 19.4 Å². The Morgan fingerprint density at radius 3 is 2.58 bits per heavy atom. The molecule has 2 N–H and O–H groups in total. The second-order valence-electron chi connectivity index (χ2n) is 5.31. The van der Waals surface area contributed by atoms with E-state index in [2.05, 4.69) is 11.7 Å². The zero-order valence-corrected chi connectivity index (χ0v) is 12.6. The Balaban J connectivity index is 2.74. The molecular weight excluding hydrogens is 266 g/mol. The Morgan fingerprint density at radius 2 is 2.05 bits per heavy atom. The van der Waals surface area contributed by atoms with E-state index in [1.54, 1.807) is 0 Å². The fourth-order valence-corrected chi connectivity index (χ4v) is 4.99. The summed E-state index contributed by atoms with van der Waals surface area (Å²) in [5.74, 6) is -0.112. The number of sulfone groups is 1. The molecule has 1 aliphatic carbocycles. The van der Waals surface area contributed by atoms with Gasteiger partial charge in [-0.2, -0.15) is 0 Å². The van der Waals surface area contributed by atoms with Gasteiger partial charge in [-0.3, -0.25) is 4.79 Å². The fraction of sp³-hybridized carbons (Fsp3) is 0.923. The number of hydrogen-bond donors (Lipinski definition) is 1. The number of hydrogen-bond acceptors (Lipinski definition) is 5. The molecule has 0 aliphatic heterocycles. The molecule has 0 aromatic carbocycles. The standard InChI is InChI=1S/C13H25NO4S/c1-3-10-4-5-11(9-14)12(8-10)19(16,17)7-6-13(15)18-2/h10-12H,3-9,14H2,1-2H3. The largest absolute Gasteiger partial charge is 0.469 e. The maximum Gasteiger partial charge on any atom is 0.306 e. The molecule has 0 saturated heterocycles. The molecule has 3 unspecified atom stereocenters. The highest BCUT2D eigenvalue weighted by Crippen LogP contribution is 2.35. The van der Waals surface area contributed by atoms with Gasteiger partial charge in [-0.25, -0.2) is 8.42 Å². The minimum Gasteiger partial charge on any atom is -0.469 e. The number of methoxy groups -OCH3 is 1. The summed E-state index contributed by atoms with van der Waals surface area (Å²) in [6.45, 7) is 2.49. The van der Waals surface area contributed by atoms with E-state index in [0.29, 0.717) is 18.9 Å². The Hall–Kier alpha value is -0.620. The van der Waals surface area contributed by atoms with Crippen molar-refractivity contribution in [1.82, 2.24) is 0 Å². The number of rotatable bonds is 6. The maximum atomic E-state index is 12.4. The first-order valence-electron chi connectivity index (χ1n) is 6.93. The summed E-state index contributed by atoms with van der Waals surface area (Å²) in [5, 5.41) is -0.388. The molecule has 0 radical (unpaired) electrons. The van der Waals surface area contributed by atoms with Gasteiger partial charge >= 0.3 is 5.97 Å². The lowest BCUT2D eigenvalue weighted by molar-refractivity contribution is -0.140. The molecule has 5 nitrogen and oxygen atoms in total. The van der Waals surface area contributed by atoms with Gasteiger partial charge in [0, 0.05) is 0 Å². The first kappa shape index (κ1) is 16.4. The number of ether oxygens (including phenoxy) is 1. The number of esters is 1. The van der Waals surface area contributed by atoms with Gasteiger partial charge in [-0.15, -0.1) is 0 Å². The smallest absolute Gasteiger partial charge is 0.306 e. The third kappa shape index (κ3) is 4.45. The zero-order chi connectivity index (χ0) is 14.5. The van der Waals surface area contributed by atoms with Crippen LogP contribution >= 0.6 is 0 Å². The van der Waals surface area contributed by atoms with Crippen LogP contribution < -0.4 is 5.73 Å². The molecule has 112 valence electrons. The molecule has 0 aromatic heterocycles. The van der Waals surface area contributed by atoms with Crippen LogP contribution in [0, 0.1) is 11.8 Å². The van der Waals surface area contributed by atoms with Crippen LogP contribution in [0.25, 0.3) is 0 Å². The molecule has 0 spiro atoms. The number of nitrogens with two attached hydrogens (primary N) is 1. The van der Waals surface area contributed by atoms with Crippen LogP contribution in [0.3, 0.4) is 0 Å². The number of carbonyl (C=O) groups excluding carboxylic acids is 1. The lowest BCUT2D eigenvalue weighted by atomic mass is 9.80. The summed E-state index contributed by atoms with van der Waals surface area (Å²) in [7, 11) is -2.00. The van der Waals surface area contributed by atoms with Crippen LogP contribution in [0.2, 0.25) is 0 Å². The van der Waals surface area contributed by atoms with E-state index in [4.69, 9.17) is 5.73 Å². The van der Waals surface area contributed by atoms with Gasteiger partial charge in [0.1, 0.15) is 0 Å². The van der Waals surface area contributed by atoms with E-state index in [1.807, 2.05) is 0 Å². The first-order chi connectivity index (χ1) is 8.94. The highest BCUT2D eigenvalue weighted by atomic mass is 32.2. The second-order valence-corrected chi connectivity index (χ2v) is 7.65. The lowest BCUT2D eigenvalue weighted by Gasteiger charge is -2.34. The van der Waals surface area contributed by atoms with E-state index in [1.165, 1.54) is 7.11 Å². The van der Waals surface area contributed by atoms with Crippen molar-refractivity contribution in [3.8, 4) is 0 Å². The summed E-state index contributed by atoms with van der Waals surface area (Å²) in [6, 6.07) is 0. The van der Waals surface area contributed by atoms with Crippen LogP contribution in [0.4, 0.5) is 0 Å². The highest BCUT2D eigenvalue weighted by molar-refractivity contribution is 7.92. The molecular formula is C13H25NO4S. The lowest BCUT2D eigenvalue weighted by Crippen LogP contribution is -2.41. The predicted molar refractivity (Wildman–Crippen MR) is 74.4 cm³/mol. The van der Waals surface area contributed by atoms with Gasteiger partial charge in [0.2, 0.25) is 0 Å². The summed E-state index contributed by atoms with van der Waals surface area (Å²) >= 11 is 0. The molecule has 19 heavy (non-hydrogen) atoms. The van der Waals surface area contributed by atoms with Crippen LogP contribution in [0.1, 0.15) is 39.0 Å². The summed E-state index contributed by atoms with van der Waals surface area (Å²) in [4.78, 5) is 11.1. The third-order valence-electron chi connectivity index (χ3n) is 4.20. The Bertz CT molecular complexity index is 393. The predicted octanol–water partition coefficient (Wildman–Crippen LogP) is 1.12. The van der Waals surface area contributed by atoms with E-state index in [9.17, 15) is 13.2 Å². The van der Waals surface area contributed by atoms with Gasteiger partial charge < -0.3 is 10.5 Å². The van der Waals surface area contributed by atoms with Crippen molar-refractivity contribution < 1.29 is 17.9 Å². The van der Waals surface area contributed by atoms with Crippen molar-refractivity contribution in [1.29, 1.82) is 0 Å². The van der Waals surface area contributed by atoms with Crippen LogP contribution in [-0.4, -0.2) is 39.0 Å². The van der Waals surface area contributed by atoms with E-state index >= 15 is 0 Å². The first-order valence-corrected chi connectivity index (χ1v) is 8.64. The molecule has 1 rings (SSSR count). The molecule has 3 atom stereocenters. The molecule has 1 saturated carbocycles. The average molecular weight is 291 g/mol. The van der Waals surface area contributed by atoms with Gasteiger partial charge in [0.15, 0.2) is 9.84 Å². The topological polar surface area (TPSA) is 86.5 Å². The minimum atomic E-state index is -3.27. The summed E-state index contributed by atoms with van der Waals surface area (Å²) in [5.41, 5.74) is 5.70. The van der Waals surface area contributed by atoms with Crippen LogP contribution in [0.15, 0.2) is 0 Å². The zero-order valence-electron chi connectivity index (χ0n) is 11.8. The third-order valence-corrected chi connectivity index (χ3v) is 6.47. The van der Waals surface area contributed by atoms with Crippen molar-refractivity contribution in [3.05, 3.63) is 0 Å². The molecule has 0 aromatic rings. The fourth-order valence-electron chi connectivity index (χ4n) is 2.83. The minimum absolute atomic E-state index is 0.0328. The van der Waals surface area contributed by atoms with Crippen molar-refractivity contribution in [3.63, 3.8) is 0 Å². The summed E-state index contributed by atoms with van der Waals surface area (Å²) in [6.07, 6.45) is 3.55. The molecule has 0 bridgehead atoms. The summed E-state index contributed by atoms with van der Waals surface area (Å²) < 4.78 is 29.2. The van der Waals surface area contributed by atoms with Crippen molar-refractivity contribution >= 4 is 15.8 Å². The van der Waals surface area contributed by atoms with E-state index in [-0.39, 0.29) is 23.3 Å². The SMILES string of the molecule is CCC1CCC(CN)C(S(=O)(=O)CCC(=O)OC)C1. The molecule has 6 heteroatoms. The van der Waals surface area contributed by atoms with Gasteiger partial charge in [-0.05, 0) is 31.2 Å². The van der Waals surface area contributed by atoms with Crippen molar-refractivity contribution in [2.24, 2.45) is 17.6 Å². The number of carbonyl (C=O) groups is 1. The Morgan fingerprint density at radius 1 is 1.37 bits per heavy atom. The quantitative estimate of drug-likeness (QED) is 0.741. The Kier molecular flexibility index (Phi) is 6.26. The normalized spacial score (nSPS) is 28.1. The monoisotopic (exact) mass is 291 g/mol. The van der Waals surface area contributed by atoms with Crippen LogP contribution in [-0.2, 0) is 19.4 Å². The van der Waals surface area contributed by atoms with Crippen LogP contribution in [0.5, 0.6) is 0 Å². The van der Waals surface area contributed by atoms with Crippen molar-refractivity contribution in [2.45, 2.75) is 44.3 Å². The molecule has 0 heterocycles. The molecule has 0 amide bonds. The Labute approximate surface area is 115 Å².